The summed E-state index contributed by atoms with van der Waals surface area (Å²) < 4.78 is 3.26. The largest absolute Gasteiger partial charge is 0.366 e. The molecule has 1 amide bonds. The molecule has 0 spiro atoms. The molecule has 4 aromatic carbocycles. The second-order valence-corrected chi connectivity index (χ2v) is 8.30. The van der Waals surface area contributed by atoms with Gasteiger partial charge in [-0.3, -0.25) is 4.79 Å². The standard InChI is InChI=1S/C24H16BrClN2O/c25-23-15(9-8-14-4-1-2-5-17(14)23)13-28-20-7-3-6-19(24(27)29)22(20)18-11-10-16(26)12-21(18)28/h1-12H,13H2,(H2,27,29). The lowest BCUT2D eigenvalue weighted by atomic mass is 10.1. The van der Waals surface area contributed by atoms with Crippen molar-refractivity contribution in [2.75, 3.05) is 0 Å². The molecular formula is C24H16BrClN2O. The smallest absolute Gasteiger partial charge is 0.249 e. The number of carbonyl (C=O) groups excluding carboxylic acids is 1. The second-order valence-electron chi connectivity index (χ2n) is 7.07. The van der Waals surface area contributed by atoms with E-state index in [1.54, 1.807) is 6.07 Å². The summed E-state index contributed by atoms with van der Waals surface area (Å²) in [5, 5.41) is 4.84. The molecule has 5 rings (SSSR count). The zero-order valence-electron chi connectivity index (χ0n) is 15.3. The molecule has 3 nitrogen and oxygen atoms in total. The highest BCUT2D eigenvalue weighted by molar-refractivity contribution is 9.10. The number of nitrogens with zero attached hydrogens (tertiary/aromatic N) is 1. The molecule has 5 aromatic rings. The average Bonchev–Trinajstić information content (AvgIpc) is 3.03. The zero-order chi connectivity index (χ0) is 20.1. The summed E-state index contributed by atoms with van der Waals surface area (Å²) in [6.07, 6.45) is 0. The van der Waals surface area contributed by atoms with Crippen molar-refractivity contribution in [3.63, 3.8) is 0 Å². The summed E-state index contributed by atoms with van der Waals surface area (Å²) in [6, 6.07) is 23.9. The molecule has 0 bridgehead atoms. The maximum Gasteiger partial charge on any atom is 0.249 e. The van der Waals surface area contributed by atoms with Crippen LogP contribution in [-0.2, 0) is 6.54 Å². The predicted octanol–water partition coefficient (Wildman–Crippen LogP) is 6.51. The highest BCUT2D eigenvalue weighted by atomic mass is 79.9. The molecule has 0 aliphatic rings. The van der Waals surface area contributed by atoms with Crippen LogP contribution >= 0.6 is 27.5 Å². The Morgan fingerprint density at radius 2 is 1.76 bits per heavy atom. The van der Waals surface area contributed by atoms with Crippen LogP contribution in [-0.4, -0.2) is 10.5 Å². The Hall–Kier alpha value is -2.82. The van der Waals surface area contributed by atoms with Crippen LogP contribution < -0.4 is 5.73 Å². The van der Waals surface area contributed by atoms with Crippen LogP contribution in [0.5, 0.6) is 0 Å². The van der Waals surface area contributed by atoms with Crippen LogP contribution in [0.2, 0.25) is 5.02 Å². The van der Waals surface area contributed by atoms with Crippen LogP contribution in [0.15, 0.2) is 77.3 Å². The van der Waals surface area contributed by atoms with E-state index in [1.165, 1.54) is 10.8 Å². The summed E-state index contributed by atoms with van der Waals surface area (Å²) in [6.45, 7) is 0.633. The molecule has 0 atom stereocenters. The molecule has 1 heterocycles. The van der Waals surface area contributed by atoms with Gasteiger partial charge in [-0.05, 0) is 56.5 Å². The van der Waals surface area contributed by atoms with E-state index in [1.807, 2.05) is 42.5 Å². The number of benzene rings is 4. The molecule has 0 saturated carbocycles. The van der Waals surface area contributed by atoms with E-state index in [0.29, 0.717) is 17.1 Å². The Morgan fingerprint density at radius 3 is 2.59 bits per heavy atom. The van der Waals surface area contributed by atoms with Crippen molar-refractivity contribution in [3.8, 4) is 0 Å². The van der Waals surface area contributed by atoms with Crippen LogP contribution in [0.25, 0.3) is 32.6 Å². The van der Waals surface area contributed by atoms with E-state index in [2.05, 4.69) is 44.8 Å². The van der Waals surface area contributed by atoms with Crippen LogP contribution in [0.4, 0.5) is 0 Å². The number of amides is 1. The second kappa shape index (κ2) is 6.90. The number of halogens is 2. The van der Waals surface area contributed by atoms with E-state index < -0.39 is 5.91 Å². The summed E-state index contributed by atoms with van der Waals surface area (Å²) in [5.41, 5.74) is 9.26. The molecule has 5 heteroatoms. The van der Waals surface area contributed by atoms with Gasteiger partial charge in [0.2, 0.25) is 5.91 Å². The number of hydrogen-bond acceptors (Lipinski definition) is 1. The monoisotopic (exact) mass is 462 g/mol. The fourth-order valence-corrected chi connectivity index (χ4v) is 4.85. The van der Waals surface area contributed by atoms with Gasteiger partial charge >= 0.3 is 0 Å². The van der Waals surface area contributed by atoms with E-state index in [-0.39, 0.29) is 0 Å². The lowest BCUT2D eigenvalue weighted by Crippen LogP contribution is -2.11. The van der Waals surface area contributed by atoms with Gasteiger partial charge in [-0.15, -0.1) is 0 Å². The third-order valence-electron chi connectivity index (χ3n) is 5.39. The molecule has 0 aliphatic heterocycles. The van der Waals surface area contributed by atoms with Crippen molar-refractivity contribution in [1.82, 2.24) is 4.57 Å². The fraction of sp³-hybridized carbons (Fsp3) is 0.0417. The van der Waals surface area contributed by atoms with Crippen molar-refractivity contribution in [2.24, 2.45) is 5.73 Å². The molecule has 0 fully saturated rings. The normalized spacial score (nSPS) is 11.5. The molecule has 0 radical (unpaired) electrons. The van der Waals surface area contributed by atoms with Crippen molar-refractivity contribution in [2.45, 2.75) is 6.54 Å². The van der Waals surface area contributed by atoms with E-state index in [9.17, 15) is 4.79 Å². The molecule has 0 unspecified atom stereocenters. The molecule has 0 aliphatic carbocycles. The van der Waals surface area contributed by atoms with Gasteiger partial charge in [0.1, 0.15) is 0 Å². The van der Waals surface area contributed by atoms with E-state index in [4.69, 9.17) is 17.3 Å². The number of nitrogens with two attached hydrogens (primary N) is 1. The van der Waals surface area contributed by atoms with Crippen LogP contribution in [0.3, 0.4) is 0 Å². The van der Waals surface area contributed by atoms with E-state index in [0.717, 1.165) is 31.8 Å². The topological polar surface area (TPSA) is 48.0 Å². The third kappa shape index (κ3) is 2.91. The van der Waals surface area contributed by atoms with Gasteiger partial charge in [0.25, 0.3) is 0 Å². The minimum Gasteiger partial charge on any atom is -0.366 e. The Kier molecular flexibility index (Phi) is 4.34. The first-order chi connectivity index (χ1) is 14.0. The van der Waals surface area contributed by atoms with Gasteiger partial charge in [0.05, 0.1) is 11.0 Å². The lowest BCUT2D eigenvalue weighted by molar-refractivity contribution is 0.100. The third-order valence-corrected chi connectivity index (χ3v) is 6.56. The predicted molar refractivity (Wildman–Crippen MR) is 124 cm³/mol. The number of carbonyl (C=O) groups is 1. The Labute approximate surface area is 180 Å². The minimum absolute atomic E-state index is 0.434. The van der Waals surface area contributed by atoms with Gasteiger partial charge < -0.3 is 10.3 Å². The Balaban J connectivity index is 1.81. The van der Waals surface area contributed by atoms with Gasteiger partial charge in [-0.2, -0.15) is 0 Å². The molecule has 0 saturated heterocycles. The number of fused-ring (bicyclic) bond motifs is 4. The van der Waals surface area contributed by atoms with Crippen molar-refractivity contribution in [3.05, 3.63) is 93.4 Å². The molecule has 1 aromatic heterocycles. The Morgan fingerprint density at radius 1 is 0.931 bits per heavy atom. The Bertz CT molecular complexity index is 1440. The molecular weight excluding hydrogens is 448 g/mol. The summed E-state index contributed by atoms with van der Waals surface area (Å²) in [5.74, 6) is -0.434. The minimum atomic E-state index is -0.434. The SMILES string of the molecule is NC(=O)c1cccc2c1c1ccc(Cl)cc1n2Cc1ccc2ccccc2c1Br. The quantitative estimate of drug-likeness (QED) is 0.326. The molecule has 2 N–H and O–H groups in total. The van der Waals surface area contributed by atoms with Crippen molar-refractivity contribution < 1.29 is 4.79 Å². The van der Waals surface area contributed by atoms with Crippen molar-refractivity contribution in [1.29, 1.82) is 0 Å². The average molecular weight is 464 g/mol. The van der Waals surface area contributed by atoms with Gasteiger partial charge in [-0.25, -0.2) is 0 Å². The number of hydrogen-bond donors (Lipinski definition) is 1. The van der Waals surface area contributed by atoms with Gasteiger partial charge in [-0.1, -0.05) is 60.1 Å². The first-order valence-electron chi connectivity index (χ1n) is 9.21. The highest BCUT2D eigenvalue weighted by Crippen LogP contribution is 2.35. The van der Waals surface area contributed by atoms with Gasteiger partial charge in [0, 0.05) is 32.4 Å². The number of rotatable bonds is 3. The molecule has 29 heavy (non-hydrogen) atoms. The zero-order valence-corrected chi connectivity index (χ0v) is 17.7. The van der Waals surface area contributed by atoms with Crippen LogP contribution in [0, 0.1) is 0 Å². The number of primary amides is 1. The highest BCUT2D eigenvalue weighted by Gasteiger charge is 2.17. The van der Waals surface area contributed by atoms with E-state index >= 15 is 0 Å². The van der Waals surface area contributed by atoms with Crippen molar-refractivity contribution >= 4 is 66.0 Å². The number of aromatic nitrogens is 1. The molecule has 142 valence electrons. The first kappa shape index (κ1) is 18.2. The summed E-state index contributed by atoms with van der Waals surface area (Å²) in [4.78, 5) is 12.1. The summed E-state index contributed by atoms with van der Waals surface area (Å²) in [7, 11) is 0. The first-order valence-corrected chi connectivity index (χ1v) is 10.4. The summed E-state index contributed by atoms with van der Waals surface area (Å²) >= 11 is 10.1. The lowest BCUT2D eigenvalue weighted by Gasteiger charge is -2.12. The maximum absolute atomic E-state index is 12.1. The fourth-order valence-electron chi connectivity index (χ4n) is 4.06. The maximum atomic E-state index is 12.1. The van der Waals surface area contributed by atoms with Crippen LogP contribution in [0.1, 0.15) is 15.9 Å². The van der Waals surface area contributed by atoms with Gasteiger partial charge in [0.15, 0.2) is 0 Å².